The number of para-hydroxylation sites is 1. The Kier molecular flexibility index (Phi) is 7.27. The van der Waals surface area contributed by atoms with E-state index in [2.05, 4.69) is 14.9 Å². The van der Waals surface area contributed by atoms with Crippen LogP contribution in [-0.2, 0) is 22.5 Å². The zero-order valence-corrected chi connectivity index (χ0v) is 16.4. The largest absolute Gasteiger partial charge is 0.573 e. The minimum absolute atomic E-state index is 0.120. The van der Waals surface area contributed by atoms with Gasteiger partial charge in [0.05, 0.1) is 18.3 Å². The molecule has 2 aromatic rings. The molecule has 1 fully saturated rings. The number of carbonyl (C=O) groups excluding carboxylic acids is 1. The number of benzene rings is 1. The molecule has 0 N–H and O–H groups in total. The smallest absolute Gasteiger partial charge is 0.405 e. The van der Waals surface area contributed by atoms with Gasteiger partial charge in [-0.3, -0.25) is 4.79 Å². The fraction of sp³-hybridized carbons (Fsp3) is 0.526. The molecule has 164 valence electrons. The number of carbonyl (C=O) groups is 1. The lowest BCUT2D eigenvalue weighted by Crippen LogP contribution is -2.41. The summed E-state index contributed by atoms with van der Waals surface area (Å²) in [5.74, 6) is -0.115. The number of amides is 1. The van der Waals surface area contributed by atoms with Crippen molar-refractivity contribution >= 4 is 5.91 Å². The summed E-state index contributed by atoms with van der Waals surface area (Å²) >= 11 is 0. The Balaban J connectivity index is 1.50. The lowest BCUT2D eigenvalue weighted by atomic mass is 10.1. The average molecular weight is 429 g/mol. The zero-order chi connectivity index (χ0) is 21.6. The van der Waals surface area contributed by atoms with Crippen LogP contribution in [0.4, 0.5) is 13.2 Å². The van der Waals surface area contributed by atoms with E-state index in [4.69, 9.17) is 14.0 Å². The molecule has 0 radical (unpaired) electrons. The van der Waals surface area contributed by atoms with Crippen LogP contribution < -0.4 is 4.74 Å². The first-order valence-electron chi connectivity index (χ1n) is 9.42. The third-order valence-corrected chi connectivity index (χ3v) is 4.55. The Morgan fingerprint density at radius 1 is 1.27 bits per heavy atom. The molecule has 0 spiro atoms. The molecule has 0 bridgehead atoms. The standard InChI is InChI=1S/C19H22F3N3O5/c1-27-11-8-16-23-17(30-24-16)12-28-13-6-9-25(10-7-13)18(26)14-4-2-3-5-15(14)29-19(20,21)22/h2-5,13H,6-12H2,1H3. The average Bonchev–Trinajstić information content (AvgIpc) is 3.18. The maximum Gasteiger partial charge on any atom is 0.573 e. The van der Waals surface area contributed by atoms with Crippen molar-refractivity contribution in [3.8, 4) is 5.75 Å². The highest BCUT2D eigenvalue weighted by Crippen LogP contribution is 2.28. The lowest BCUT2D eigenvalue weighted by Gasteiger charge is -2.32. The van der Waals surface area contributed by atoms with Gasteiger partial charge in [0, 0.05) is 26.6 Å². The van der Waals surface area contributed by atoms with Crippen LogP contribution in [0.15, 0.2) is 28.8 Å². The second kappa shape index (κ2) is 9.90. The molecule has 1 amide bonds. The Labute approximate surface area is 170 Å². The maximum absolute atomic E-state index is 12.7. The van der Waals surface area contributed by atoms with Crippen LogP contribution in [0, 0.1) is 0 Å². The van der Waals surface area contributed by atoms with E-state index in [0.717, 1.165) is 6.07 Å². The molecule has 1 aliphatic rings. The van der Waals surface area contributed by atoms with Gasteiger partial charge in [0.15, 0.2) is 5.82 Å². The fourth-order valence-electron chi connectivity index (χ4n) is 3.09. The Morgan fingerprint density at radius 2 is 2.00 bits per heavy atom. The molecule has 1 aromatic heterocycles. The number of halogens is 3. The van der Waals surface area contributed by atoms with Crippen molar-refractivity contribution < 1.29 is 36.7 Å². The van der Waals surface area contributed by atoms with Crippen molar-refractivity contribution in [1.29, 1.82) is 0 Å². The molecule has 8 nitrogen and oxygen atoms in total. The van der Waals surface area contributed by atoms with Crippen LogP contribution in [0.25, 0.3) is 0 Å². The van der Waals surface area contributed by atoms with E-state index in [1.807, 2.05) is 0 Å². The van der Waals surface area contributed by atoms with E-state index in [0.29, 0.717) is 50.7 Å². The van der Waals surface area contributed by atoms with Crippen molar-refractivity contribution in [1.82, 2.24) is 15.0 Å². The fourth-order valence-corrected chi connectivity index (χ4v) is 3.09. The summed E-state index contributed by atoms with van der Waals surface area (Å²) in [5.41, 5.74) is -0.122. The molecule has 30 heavy (non-hydrogen) atoms. The van der Waals surface area contributed by atoms with Crippen LogP contribution >= 0.6 is 0 Å². The maximum atomic E-state index is 12.7. The van der Waals surface area contributed by atoms with E-state index >= 15 is 0 Å². The predicted molar refractivity (Wildman–Crippen MR) is 96.7 cm³/mol. The van der Waals surface area contributed by atoms with Crippen molar-refractivity contribution in [3.63, 3.8) is 0 Å². The molecule has 0 aliphatic carbocycles. The number of hydrogen-bond donors (Lipinski definition) is 0. The highest BCUT2D eigenvalue weighted by atomic mass is 19.4. The monoisotopic (exact) mass is 429 g/mol. The first-order chi connectivity index (χ1) is 14.4. The molecular formula is C19H22F3N3O5. The van der Waals surface area contributed by atoms with E-state index < -0.39 is 18.0 Å². The third kappa shape index (κ3) is 6.17. The molecule has 2 heterocycles. The third-order valence-electron chi connectivity index (χ3n) is 4.55. The van der Waals surface area contributed by atoms with Gasteiger partial charge < -0.3 is 23.6 Å². The van der Waals surface area contributed by atoms with Gasteiger partial charge in [-0.2, -0.15) is 4.98 Å². The molecule has 1 aliphatic heterocycles. The molecule has 0 saturated carbocycles. The molecule has 1 aromatic carbocycles. The Morgan fingerprint density at radius 3 is 2.70 bits per heavy atom. The number of piperidine rings is 1. The van der Waals surface area contributed by atoms with Gasteiger partial charge in [-0.05, 0) is 25.0 Å². The highest BCUT2D eigenvalue weighted by molar-refractivity contribution is 5.97. The van der Waals surface area contributed by atoms with Crippen LogP contribution in [-0.4, -0.2) is 60.2 Å². The normalized spacial score (nSPS) is 15.4. The summed E-state index contributed by atoms with van der Waals surface area (Å²) in [5, 5.41) is 3.83. The first kappa shape index (κ1) is 22.0. The number of hydrogen-bond acceptors (Lipinski definition) is 7. The summed E-state index contributed by atoms with van der Waals surface area (Å²) in [7, 11) is 1.59. The van der Waals surface area contributed by atoms with E-state index in [1.54, 1.807) is 7.11 Å². The lowest BCUT2D eigenvalue weighted by molar-refractivity contribution is -0.274. The summed E-state index contributed by atoms with van der Waals surface area (Å²) in [6.07, 6.45) is -3.36. The number of methoxy groups -OCH3 is 1. The van der Waals surface area contributed by atoms with Gasteiger partial charge in [0.25, 0.3) is 11.8 Å². The molecule has 0 unspecified atom stereocenters. The number of aromatic nitrogens is 2. The molecule has 11 heteroatoms. The van der Waals surface area contributed by atoms with Gasteiger partial charge in [-0.15, -0.1) is 13.2 Å². The minimum Gasteiger partial charge on any atom is -0.405 e. The van der Waals surface area contributed by atoms with E-state index in [1.165, 1.54) is 23.1 Å². The second-order valence-corrected chi connectivity index (χ2v) is 6.69. The number of alkyl halides is 3. The SMILES string of the molecule is COCCc1noc(COC2CCN(C(=O)c3ccccc3OC(F)(F)F)CC2)n1. The van der Waals surface area contributed by atoms with Gasteiger partial charge in [-0.1, -0.05) is 17.3 Å². The highest BCUT2D eigenvalue weighted by Gasteiger charge is 2.34. The van der Waals surface area contributed by atoms with E-state index in [9.17, 15) is 18.0 Å². The Bertz CT molecular complexity index is 835. The van der Waals surface area contributed by atoms with Crippen molar-refractivity contribution in [2.24, 2.45) is 0 Å². The molecular weight excluding hydrogens is 407 g/mol. The second-order valence-electron chi connectivity index (χ2n) is 6.69. The van der Waals surface area contributed by atoms with Gasteiger partial charge in [-0.25, -0.2) is 0 Å². The molecule has 0 atom stereocenters. The topological polar surface area (TPSA) is 86.9 Å². The number of rotatable bonds is 8. The summed E-state index contributed by atoms with van der Waals surface area (Å²) < 4.78 is 57.5. The minimum atomic E-state index is -4.87. The molecule has 1 saturated heterocycles. The predicted octanol–water partition coefficient (Wildman–Crippen LogP) is 2.98. The van der Waals surface area contributed by atoms with Crippen LogP contribution in [0.2, 0.25) is 0 Å². The van der Waals surface area contributed by atoms with Crippen molar-refractivity contribution in [3.05, 3.63) is 41.5 Å². The van der Waals surface area contributed by atoms with Crippen LogP contribution in [0.3, 0.4) is 0 Å². The van der Waals surface area contributed by atoms with Crippen molar-refractivity contribution in [2.45, 2.75) is 38.3 Å². The Hall–Kier alpha value is -2.66. The molecule has 3 rings (SSSR count). The quantitative estimate of drug-likeness (QED) is 0.638. The van der Waals surface area contributed by atoms with Gasteiger partial charge in [0.1, 0.15) is 12.4 Å². The summed E-state index contributed by atoms with van der Waals surface area (Å²) in [4.78, 5) is 18.4. The van der Waals surface area contributed by atoms with Crippen LogP contribution in [0.1, 0.15) is 34.9 Å². The van der Waals surface area contributed by atoms with Gasteiger partial charge >= 0.3 is 6.36 Å². The number of likely N-dealkylation sites (tertiary alicyclic amines) is 1. The number of nitrogens with zero attached hydrogens (tertiary/aromatic N) is 3. The van der Waals surface area contributed by atoms with Crippen LogP contribution in [0.5, 0.6) is 5.75 Å². The van der Waals surface area contributed by atoms with Crippen molar-refractivity contribution in [2.75, 3.05) is 26.8 Å². The summed E-state index contributed by atoms with van der Waals surface area (Å²) in [6.45, 7) is 1.35. The van der Waals surface area contributed by atoms with Gasteiger partial charge in [0.2, 0.25) is 0 Å². The zero-order valence-electron chi connectivity index (χ0n) is 16.4. The first-order valence-corrected chi connectivity index (χ1v) is 9.42. The number of ether oxygens (including phenoxy) is 3. The summed E-state index contributed by atoms with van der Waals surface area (Å²) in [6, 6.07) is 5.33. The van der Waals surface area contributed by atoms with E-state index in [-0.39, 0.29) is 18.3 Å².